The van der Waals surface area contributed by atoms with Crippen molar-refractivity contribution in [3.8, 4) is 23.0 Å². The van der Waals surface area contributed by atoms with Crippen LogP contribution in [0.15, 0.2) is 42.7 Å². The highest BCUT2D eigenvalue weighted by Gasteiger charge is 2.52. The summed E-state index contributed by atoms with van der Waals surface area (Å²) in [6, 6.07) is 7.60. The zero-order chi connectivity index (χ0) is 35.2. The number of phenols is 1. The summed E-state index contributed by atoms with van der Waals surface area (Å²) in [5.74, 6) is -0.762. The van der Waals surface area contributed by atoms with Gasteiger partial charge in [0.25, 0.3) is 0 Å². The highest BCUT2D eigenvalue weighted by atomic mass is 19.1. The number of ether oxygens (including phenoxy) is 1. The van der Waals surface area contributed by atoms with Gasteiger partial charge in [0.2, 0.25) is 5.91 Å². The summed E-state index contributed by atoms with van der Waals surface area (Å²) in [6.07, 6.45) is 5.42. The number of pyridine rings is 1. The molecule has 3 aromatic heterocycles. The predicted octanol–water partition coefficient (Wildman–Crippen LogP) is 6.26. The first-order valence-corrected chi connectivity index (χ1v) is 17.8. The Morgan fingerprint density at radius 2 is 2.00 bits per heavy atom. The molecule has 13 heteroatoms. The maximum Gasteiger partial charge on any atom is 0.319 e. The van der Waals surface area contributed by atoms with E-state index in [2.05, 4.69) is 24.9 Å². The summed E-state index contributed by atoms with van der Waals surface area (Å²) >= 11 is 0. The molecular weight excluding hydrogens is 659 g/mol. The van der Waals surface area contributed by atoms with Gasteiger partial charge in [-0.1, -0.05) is 13.0 Å². The van der Waals surface area contributed by atoms with E-state index in [4.69, 9.17) is 9.72 Å². The summed E-state index contributed by atoms with van der Waals surface area (Å²) < 4.78 is 54.3. The van der Waals surface area contributed by atoms with E-state index in [-0.39, 0.29) is 58.8 Å². The number of benzene rings is 2. The second kappa shape index (κ2) is 11.9. The monoisotopic (exact) mass is 697 g/mol. The Kier molecular flexibility index (Phi) is 7.50. The number of aromatic nitrogens is 5. The lowest BCUT2D eigenvalue weighted by Crippen LogP contribution is -2.43. The molecular formula is C38H38F3N7O3. The van der Waals surface area contributed by atoms with Crippen molar-refractivity contribution in [1.29, 1.82) is 0 Å². The van der Waals surface area contributed by atoms with Crippen LogP contribution in [0, 0.1) is 36.3 Å². The van der Waals surface area contributed by atoms with Gasteiger partial charge in [-0.3, -0.25) is 14.7 Å². The molecule has 3 unspecified atom stereocenters. The van der Waals surface area contributed by atoms with E-state index in [9.17, 15) is 14.3 Å². The Labute approximate surface area is 292 Å². The van der Waals surface area contributed by atoms with E-state index in [1.807, 2.05) is 19.9 Å². The lowest BCUT2D eigenvalue weighted by Gasteiger charge is -2.37. The molecule has 0 radical (unpaired) electrons. The molecule has 2 aromatic carbocycles. The van der Waals surface area contributed by atoms with Gasteiger partial charge in [-0.2, -0.15) is 15.1 Å². The number of hydrogen-bond donors (Lipinski definition) is 1. The molecule has 0 spiro atoms. The molecule has 1 saturated carbocycles. The van der Waals surface area contributed by atoms with Crippen LogP contribution in [0.2, 0.25) is 0 Å². The summed E-state index contributed by atoms with van der Waals surface area (Å²) in [7, 11) is 0. The standard InChI is InChI=1S/C38H38F3N7O3/c1-3-25-30(40)6-5-21-11-24(49)13-27(31(21)25)33-32(41)34-28(15-42-33)35(44-37(43-34)51-19-38-8-4-9-47(38)17-23(39)14-38)46-16-22-12-26(29(22)18-46)36(50)48-10-7-20(2)45-48/h5-7,10-11,13,15,22-23,26,29,49H,3-4,8-9,12,14,16-19H2,1-2H3/t22?,23-,26?,29?,38+/m1/s1. The third-order valence-corrected chi connectivity index (χ3v) is 11.8. The number of alkyl halides is 1. The first kappa shape index (κ1) is 32.1. The third-order valence-electron chi connectivity index (χ3n) is 11.8. The molecule has 9 rings (SSSR count). The lowest BCUT2D eigenvalue weighted by molar-refractivity contribution is 0.0532. The zero-order valence-electron chi connectivity index (χ0n) is 28.5. The molecule has 1 N–H and O–H groups in total. The van der Waals surface area contributed by atoms with Crippen LogP contribution in [0.25, 0.3) is 32.9 Å². The zero-order valence-corrected chi connectivity index (χ0v) is 28.5. The highest BCUT2D eigenvalue weighted by molar-refractivity contribution is 6.01. The molecule has 3 saturated heterocycles. The predicted molar refractivity (Wildman–Crippen MR) is 185 cm³/mol. The quantitative estimate of drug-likeness (QED) is 0.211. The Morgan fingerprint density at radius 1 is 1.14 bits per heavy atom. The van der Waals surface area contributed by atoms with Crippen LogP contribution < -0.4 is 9.64 Å². The van der Waals surface area contributed by atoms with Crippen molar-refractivity contribution in [2.75, 3.05) is 37.7 Å². The molecule has 0 amide bonds. The van der Waals surface area contributed by atoms with E-state index in [1.165, 1.54) is 29.1 Å². The van der Waals surface area contributed by atoms with Crippen molar-refractivity contribution in [3.63, 3.8) is 0 Å². The molecule has 4 aliphatic rings. The Balaban J connectivity index is 1.13. The number of halogens is 3. The topological polar surface area (TPSA) is 110 Å². The van der Waals surface area contributed by atoms with E-state index in [0.29, 0.717) is 66.4 Å². The second-order valence-electron chi connectivity index (χ2n) is 14.8. The van der Waals surface area contributed by atoms with Crippen LogP contribution in [-0.2, 0) is 6.42 Å². The van der Waals surface area contributed by atoms with Crippen molar-refractivity contribution >= 4 is 33.4 Å². The van der Waals surface area contributed by atoms with Gasteiger partial charge in [0, 0.05) is 49.9 Å². The number of aromatic hydroxyl groups is 1. The average molecular weight is 698 g/mol. The SMILES string of the molecule is CCc1c(F)ccc2cc(O)cc(-c3ncc4c(N5CC6CC(C(=O)n7ccc(C)n7)C6C5)nc(OC[C@@]56CCCN5C[C@H](F)C6)nc4c3F)c12. The smallest absolute Gasteiger partial charge is 0.319 e. The van der Waals surface area contributed by atoms with Crippen LogP contribution in [0.3, 0.4) is 0 Å². The fourth-order valence-corrected chi connectivity index (χ4v) is 9.27. The molecule has 1 aliphatic carbocycles. The van der Waals surface area contributed by atoms with Crippen LogP contribution >= 0.6 is 0 Å². The van der Waals surface area contributed by atoms with Gasteiger partial charge < -0.3 is 14.7 Å². The molecule has 4 fully saturated rings. The van der Waals surface area contributed by atoms with Crippen molar-refractivity contribution in [2.45, 2.75) is 57.7 Å². The highest BCUT2D eigenvalue weighted by Crippen LogP contribution is 2.49. The molecule has 51 heavy (non-hydrogen) atoms. The minimum atomic E-state index is -0.940. The molecule has 6 heterocycles. The van der Waals surface area contributed by atoms with E-state index in [0.717, 1.165) is 25.1 Å². The summed E-state index contributed by atoms with van der Waals surface area (Å²) in [5, 5.41) is 16.4. The Morgan fingerprint density at radius 3 is 2.80 bits per heavy atom. The number of hydrogen-bond acceptors (Lipinski definition) is 9. The Hall–Kier alpha value is -4.78. The Bertz CT molecular complexity index is 2230. The van der Waals surface area contributed by atoms with Gasteiger partial charge in [0.1, 0.15) is 41.4 Å². The number of phenolic OH excluding ortho intramolecular Hbond substituents is 1. The van der Waals surface area contributed by atoms with Gasteiger partial charge in [-0.05, 0) is 91.6 Å². The van der Waals surface area contributed by atoms with Crippen molar-refractivity contribution in [3.05, 3.63) is 65.6 Å². The van der Waals surface area contributed by atoms with Crippen LogP contribution in [0.4, 0.5) is 19.0 Å². The minimum Gasteiger partial charge on any atom is -0.508 e. The normalized spacial score (nSPS) is 25.8. The number of carbonyl (C=O) groups is 1. The summed E-state index contributed by atoms with van der Waals surface area (Å²) in [6.45, 7) is 6.12. The maximum atomic E-state index is 17.0. The van der Waals surface area contributed by atoms with Gasteiger partial charge in [0.05, 0.1) is 16.6 Å². The summed E-state index contributed by atoms with van der Waals surface area (Å²) in [5.41, 5.74) is 0.833. The number of aryl methyl sites for hydroxylation is 2. The number of rotatable bonds is 7. The minimum absolute atomic E-state index is 0.0274. The van der Waals surface area contributed by atoms with E-state index < -0.39 is 23.3 Å². The maximum absolute atomic E-state index is 17.0. The third kappa shape index (κ3) is 5.14. The van der Waals surface area contributed by atoms with Gasteiger partial charge in [-0.25, -0.2) is 17.9 Å². The fourth-order valence-electron chi connectivity index (χ4n) is 9.27. The lowest BCUT2D eigenvalue weighted by atomic mass is 9.66. The van der Waals surface area contributed by atoms with Crippen LogP contribution in [0.5, 0.6) is 11.8 Å². The van der Waals surface area contributed by atoms with Crippen molar-refractivity contribution in [1.82, 2.24) is 29.6 Å². The number of carbonyl (C=O) groups excluding carboxylic acids is 1. The number of fused-ring (bicyclic) bond motifs is 4. The van der Waals surface area contributed by atoms with E-state index >= 15 is 8.78 Å². The van der Waals surface area contributed by atoms with Gasteiger partial charge in [-0.15, -0.1) is 0 Å². The first-order chi connectivity index (χ1) is 24.6. The molecule has 264 valence electrons. The largest absolute Gasteiger partial charge is 0.508 e. The fraction of sp³-hybridized carbons (Fsp3) is 0.447. The molecule has 5 atom stereocenters. The van der Waals surface area contributed by atoms with Gasteiger partial charge in [0.15, 0.2) is 5.82 Å². The molecule has 5 aromatic rings. The van der Waals surface area contributed by atoms with Crippen molar-refractivity contribution < 1.29 is 27.8 Å². The van der Waals surface area contributed by atoms with Crippen LogP contribution in [-0.4, -0.2) is 85.1 Å². The first-order valence-electron chi connectivity index (χ1n) is 17.8. The molecule has 3 aliphatic heterocycles. The number of nitrogens with zero attached hydrogens (tertiary/aromatic N) is 7. The second-order valence-corrected chi connectivity index (χ2v) is 14.8. The van der Waals surface area contributed by atoms with E-state index in [1.54, 1.807) is 12.3 Å². The summed E-state index contributed by atoms with van der Waals surface area (Å²) in [4.78, 5) is 31.5. The molecule has 10 nitrogen and oxygen atoms in total. The van der Waals surface area contributed by atoms with Crippen LogP contribution in [0.1, 0.15) is 48.7 Å². The van der Waals surface area contributed by atoms with Crippen molar-refractivity contribution in [2.24, 2.45) is 17.8 Å². The average Bonchev–Trinajstić information content (AvgIpc) is 3.86. The molecule has 0 bridgehead atoms. The number of anilines is 1. The van der Waals surface area contributed by atoms with Gasteiger partial charge >= 0.3 is 6.01 Å².